The molecule has 0 bridgehead atoms. The number of hydrogen-bond donors (Lipinski definition) is 1. The van der Waals surface area contributed by atoms with E-state index in [9.17, 15) is 0 Å². The quantitative estimate of drug-likeness (QED) is 0.641. The molecule has 1 saturated heterocycles. The molecule has 0 saturated carbocycles. The van der Waals surface area contributed by atoms with Crippen LogP contribution < -0.4 is 5.32 Å². The molecule has 2 nitrogen and oxygen atoms in total. The lowest BCUT2D eigenvalue weighted by Gasteiger charge is -2.29. The highest BCUT2D eigenvalue weighted by Crippen LogP contribution is 2.13. The molecular formula is C14H29NO. The molecule has 1 aliphatic heterocycles. The molecule has 0 aromatic carbocycles. The van der Waals surface area contributed by atoms with E-state index in [1.165, 1.54) is 51.4 Å². The third-order valence-electron chi connectivity index (χ3n) is 3.52. The van der Waals surface area contributed by atoms with Gasteiger partial charge in [-0.3, -0.25) is 0 Å². The molecule has 1 fully saturated rings. The Morgan fingerprint density at radius 3 is 2.62 bits per heavy atom. The fourth-order valence-corrected chi connectivity index (χ4v) is 2.36. The molecule has 96 valence electrons. The molecule has 0 spiro atoms. The molecular weight excluding hydrogens is 198 g/mol. The van der Waals surface area contributed by atoms with Crippen LogP contribution in [-0.4, -0.2) is 25.3 Å². The van der Waals surface area contributed by atoms with Crippen LogP contribution in [0, 0.1) is 0 Å². The number of ether oxygens (including phenoxy) is 1. The van der Waals surface area contributed by atoms with Crippen molar-refractivity contribution in [1.82, 2.24) is 5.32 Å². The monoisotopic (exact) mass is 227 g/mol. The van der Waals surface area contributed by atoms with E-state index in [2.05, 4.69) is 19.2 Å². The fourth-order valence-electron chi connectivity index (χ4n) is 2.36. The van der Waals surface area contributed by atoms with Gasteiger partial charge < -0.3 is 10.1 Å². The topological polar surface area (TPSA) is 21.3 Å². The van der Waals surface area contributed by atoms with Gasteiger partial charge in [-0.1, -0.05) is 39.0 Å². The minimum Gasteiger partial charge on any atom is -0.377 e. The Kier molecular flexibility index (Phi) is 7.87. The van der Waals surface area contributed by atoms with Gasteiger partial charge in [0.15, 0.2) is 0 Å². The van der Waals surface area contributed by atoms with E-state index in [1.54, 1.807) is 0 Å². The van der Waals surface area contributed by atoms with Crippen LogP contribution in [0.25, 0.3) is 0 Å². The lowest BCUT2D eigenvalue weighted by Crippen LogP contribution is -2.44. The van der Waals surface area contributed by atoms with Crippen LogP contribution in [0.1, 0.15) is 65.2 Å². The van der Waals surface area contributed by atoms with E-state index in [1.807, 2.05) is 0 Å². The van der Waals surface area contributed by atoms with E-state index in [4.69, 9.17) is 4.74 Å². The second-order valence-electron chi connectivity index (χ2n) is 5.06. The van der Waals surface area contributed by atoms with Crippen molar-refractivity contribution < 1.29 is 4.74 Å². The lowest BCUT2D eigenvalue weighted by molar-refractivity contribution is 0.0108. The second kappa shape index (κ2) is 9.00. The molecule has 1 rings (SSSR count). The van der Waals surface area contributed by atoms with Crippen LogP contribution in [-0.2, 0) is 4.74 Å². The zero-order chi connectivity index (χ0) is 11.6. The summed E-state index contributed by atoms with van der Waals surface area (Å²) in [5.41, 5.74) is 0. The Morgan fingerprint density at radius 2 is 1.88 bits per heavy atom. The average molecular weight is 227 g/mol. The molecule has 1 heterocycles. The fraction of sp³-hybridized carbons (Fsp3) is 1.00. The summed E-state index contributed by atoms with van der Waals surface area (Å²) in [6, 6.07) is 0.550. The molecule has 0 radical (unpaired) electrons. The van der Waals surface area contributed by atoms with E-state index in [0.29, 0.717) is 12.1 Å². The zero-order valence-corrected chi connectivity index (χ0v) is 11.1. The second-order valence-corrected chi connectivity index (χ2v) is 5.06. The maximum Gasteiger partial charge on any atom is 0.0725 e. The van der Waals surface area contributed by atoms with Gasteiger partial charge in [0.2, 0.25) is 0 Å². The molecule has 0 amide bonds. The molecule has 16 heavy (non-hydrogen) atoms. The molecule has 0 aromatic rings. The van der Waals surface area contributed by atoms with E-state index in [0.717, 1.165) is 13.2 Å². The Balaban J connectivity index is 1.90. The number of hydrogen-bond acceptors (Lipinski definition) is 2. The van der Waals surface area contributed by atoms with Crippen molar-refractivity contribution in [2.24, 2.45) is 0 Å². The highest BCUT2D eigenvalue weighted by Gasteiger charge is 2.20. The summed E-state index contributed by atoms with van der Waals surface area (Å²) in [4.78, 5) is 0. The van der Waals surface area contributed by atoms with Crippen LogP contribution in [0.15, 0.2) is 0 Å². The third kappa shape index (κ3) is 5.86. The van der Waals surface area contributed by atoms with Crippen LogP contribution in [0.5, 0.6) is 0 Å². The van der Waals surface area contributed by atoms with Gasteiger partial charge in [0.25, 0.3) is 0 Å². The van der Waals surface area contributed by atoms with Gasteiger partial charge in [0.1, 0.15) is 0 Å². The van der Waals surface area contributed by atoms with Crippen LogP contribution >= 0.6 is 0 Å². The van der Waals surface area contributed by atoms with Crippen LogP contribution in [0.4, 0.5) is 0 Å². The first-order valence-corrected chi connectivity index (χ1v) is 7.19. The van der Waals surface area contributed by atoms with Crippen molar-refractivity contribution in [3.05, 3.63) is 0 Å². The predicted molar refractivity (Wildman–Crippen MR) is 69.8 cm³/mol. The van der Waals surface area contributed by atoms with E-state index in [-0.39, 0.29) is 0 Å². The smallest absolute Gasteiger partial charge is 0.0725 e. The van der Waals surface area contributed by atoms with Crippen molar-refractivity contribution in [1.29, 1.82) is 0 Å². The van der Waals surface area contributed by atoms with Crippen molar-refractivity contribution in [3.63, 3.8) is 0 Å². The summed E-state index contributed by atoms with van der Waals surface area (Å²) in [6.45, 7) is 6.63. The average Bonchev–Trinajstić information content (AvgIpc) is 2.30. The summed E-state index contributed by atoms with van der Waals surface area (Å²) in [5.74, 6) is 0. The maximum absolute atomic E-state index is 5.94. The molecule has 1 N–H and O–H groups in total. The Labute approximate surface area is 101 Å². The standard InChI is InChI=1S/C14H29NO/c1-3-4-5-6-7-8-12-16-14-10-9-11-15-13(14)2/h13-15H,3-12H2,1-2H3. The molecule has 2 atom stereocenters. The van der Waals surface area contributed by atoms with Crippen molar-refractivity contribution in [2.75, 3.05) is 13.2 Å². The van der Waals surface area contributed by atoms with Crippen molar-refractivity contribution >= 4 is 0 Å². The highest BCUT2D eigenvalue weighted by molar-refractivity contribution is 4.77. The summed E-state index contributed by atoms with van der Waals surface area (Å²) in [5, 5.41) is 3.48. The first-order valence-electron chi connectivity index (χ1n) is 7.19. The van der Waals surface area contributed by atoms with Gasteiger partial charge in [-0.25, -0.2) is 0 Å². The first kappa shape index (κ1) is 14.0. The normalized spacial score (nSPS) is 25.9. The zero-order valence-electron chi connectivity index (χ0n) is 11.1. The molecule has 0 aromatic heterocycles. The Hall–Kier alpha value is -0.0800. The molecule has 0 aliphatic carbocycles. The van der Waals surface area contributed by atoms with Gasteiger partial charge in [-0.15, -0.1) is 0 Å². The van der Waals surface area contributed by atoms with Gasteiger partial charge >= 0.3 is 0 Å². The Bertz CT molecular complexity index is 161. The minimum absolute atomic E-state index is 0.462. The van der Waals surface area contributed by atoms with Crippen LogP contribution in [0.2, 0.25) is 0 Å². The van der Waals surface area contributed by atoms with Gasteiger partial charge in [-0.05, 0) is 32.7 Å². The number of nitrogens with one attached hydrogen (secondary N) is 1. The van der Waals surface area contributed by atoms with Gasteiger partial charge in [-0.2, -0.15) is 0 Å². The molecule has 2 unspecified atom stereocenters. The molecule has 1 aliphatic rings. The number of unbranched alkanes of at least 4 members (excludes halogenated alkanes) is 5. The summed E-state index contributed by atoms with van der Waals surface area (Å²) < 4.78 is 5.94. The van der Waals surface area contributed by atoms with E-state index < -0.39 is 0 Å². The minimum atomic E-state index is 0.462. The van der Waals surface area contributed by atoms with Crippen molar-refractivity contribution in [3.8, 4) is 0 Å². The predicted octanol–water partition coefficient (Wildman–Crippen LogP) is 3.50. The summed E-state index contributed by atoms with van der Waals surface area (Å²) in [7, 11) is 0. The number of rotatable bonds is 8. The van der Waals surface area contributed by atoms with Gasteiger partial charge in [0.05, 0.1) is 6.10 Å². The van der Waals surface area contributed by atoms with Crippen molar-refractivity contribution in [2.45, 2.75) is 77.4 Å². The van der Waals surface area contributed by atoms with Gasteiger partial charge in [0, 0.05) is 12.6 Å². The Morgan fingerprint density at radius 1 is 1.12 bits per heavy atom. The summed E-state index contributed by atoms with van der Waals surface area (Å²) >= 11 is 0. The number of piperidine rings is 1. The highest BCUT2D eigenvalue weighted by atomic mass is 16.5. The maximum atomic E-state index is 5.94. The third-order valence-corrected chi connectivity index (χ3v) is 3.52. The SMILES string of the molecule is CCCCCCCCOC1CCCNC1C. The summed E-state index contributed by atoms with van der Waals surface area (Å²) in [6.07, 6.45) is 11.1. The first-order chi connectivity index (χ1) is 7.84. The lowest BCUT2D eigenvalue weighted by atomic mass is 10.0. The largest absolute Gasteiger partial charge is 0.377 e. The van der Waals surface area contributed by atoms with Crippen LogP contribution in [0.3, 0.4) is 0 Å². The molecule has 2 heteroatoms. The van der Waals surface area contributed by atoms with E-state index >= 15 is 0 Å².